The smallest absolute Gasteiger partial charge is 0.246 e. The summed E-state index contributed by atoms with van der Waals surface area (Å²) < 4.78 is 5.22. The van der Waals surface area contributed by atoms with Gasteiger partial charge in [0.2, 0.25) is 17.6 Å². The van der Waals surface area contributed by atoms with Crippen molar-refractivity contribution in [2.75, 3.05) is 13.1 Å². The molecule has 1 amide bonds. The number of benzene rings is 1. The second-order valence-electron chi connectivity index (χ2n) is 6.61. The molecule has 1 saturated heterocycles. The van der Waals surface area contributed by atoms with Crippen LogP contribution in [0.2, 0.25) is 5.02 Å². The van der Waals surface area contributed by atoms with E-state index in [1.807, 2.05) is 12.1 Å². The van der Waals surface area contributed by atoms with Crippen molar-refractivity contribution in [3.8, 4) is 11.4 Å². The number of nitrogens with zero attached hydrogens (tertiary/aromatic N) is 2. The van der Waals surface area contributed by atoms with Crippen molar-refractivity contribution in [2.45, 2.75) is 25.8 Å². The lowest BCUT2D eigenvalue weighted by Crippen LogP contribution is -2.33. The zero-order valence-corrected chi connectivity index (χ0v) is 14.0. The minimum Gasteiger partial charge on any atom is -0.347 e. The molecule has 4 rings (SSSR count). The molecule has 126 valence electrons. The van der Waals surface area contributed by atoms with E-state index in [9.17, 15) is 4.79 Å². The molecular formula is C17H19ClN4O2. The van der Waals surface area contributed by atoms with Gasteiger partial charge in [-0.2, -0.15) is 4.98 Å². The topological polar surface area (TPSA) is 80.1 Å². The highest BCUT2D eigenvalue weighted by Crippen LogP contribution is 2.58. The summed E-state index contributed by atoms with van der Waals surface area (Å²) in [4.78, 5) is 16.7. The second kappa shape index (κ2) is 6.18. The van der Waals surface area contributed by atoms with Crippen molar-refractivity contribution in [3.63, 3.8) is 0 Å². The molecule has 1 atom stereocenters. The maximum Gasteiger partial charge on any atom is 0.246 e. The number of aromatic nitrogens is 2. The number of halogens is 1. The summed E-state index contributed by atoms with van der Waals surface area (Å²) in [5.41, 5.74) is 1.02. The van der Waals surface area contributed by atoms with Crippen molar-refractivity contribution in [3.05, 3.63) is 35.2 Å². The van der Waals surface area contributed by atoms with E-state index >= 15 is 0 Å². The number of hydrogen-bond donors (Lipinski definition) is 2. The van der Waals surface area contributed by atoms with E-state index in [-0.39, 0.29) is 23.8 Å². The van der Waals surface area contributed by atoms with E-state index in [0.29, 0.717) is 16.7 Å². The molecule has 24 heavy (non-hydrogen) atoms. The monoisotopic (exact) mass is 346 g/mol. The minimum absolute atomic E-state index is 0.0967. The Kier molecular flexibility index (Phi) is 4.02. The molecule has 2 heterocycles. The van der Waals surface area contributed by atoms with Crippen molar-refractivity contribution in [1.29, 1.82) is 0 Å². The summed E-state index contributed by atoms with van der Waals surface area (Å²) >= 11 is 5.97. The van der Waals surface area contributed by atoms with Gasteiger partial charge in [-0.05, 0) is 49.9 Å². The average molecular weight is 347 g/mol. The van der Waals surface area contributed by atoms with Crippen LogP contribution in [0.4, 0.5) is 0 Å². The molecule has 6 nitrogen and oxygen atoms in total. The number of carbonyl (C=O) groups is 1. The Morgan fingerprint density at radius 3 is 3.04 bits per heavy atom. The van der Waals surface area contributed by atoms with Gasteiger partial charge in [-0.15, -0.1) is 0 Å². The van der Waals surface area contributed by atoms with Gasteiger partial charge in [-0.3, -0.25) is 4.79 Å². The fourth-order valence-electron chi connectivity index (χ4n) is 3.55. The van der Waals surface area contributed by atoms with Crippen LogP contribution in [0.15, 0.2) is 28.8 Å². The molecule has 0 bridgehead atoms. The molecule has 2 aliphatic rings. The molecule has 7 heteroatoms. The van der Waals surface area contributed by atoms with E-state index in [0.717, 1.165) is 37.9 Å². The Bertz CT molecular complexity index is 755. The van der Waals surface area contributed by atoms with Crippen molar-refractivity contribution in [2.24, 2.45) is 11.3 Å². The van der Waals surface area contributed by atoms with Crippen LogP contribution in [-0.4, -0.2) is 29.1 Å². The Balaban J connectivity index is 1.34. The van der Waals surface area contributed by atoms with E-state index < -0.39 is 0 Å². The quantitative estimate of drug-likeness (QED) is 0.888. The molecule has 2 fully saturated rings. The van der Waals surface area contributed by atoms with Crippen molar-refractivity contribution < 1.29 is 9.32 Å². The van der Waals surface area contributed by atoms with Gasteiger partial charge in [0.15, 0.2) is 0 Å². The SMILES string of the molecule is O=C(NCc1nc(-c2cccc(Cl)c2)no1)C1CC12CCNCC2. The van der Waals surface area contributed by atoms with E-state index in [1.54, 1.807) is 12.1 Å². The third-order valence-corrected chi connectivity index (χ3v) is 5.31. The number of piperidine rings is 1. The molecule has 2 aromatic rings. The molecule has 1 spiro atoms. The van der Waals surface area contributed by atoms with Gasteiger partial charge in [0.05, 0.1) is 6.54 Å². The maximum atomic E-state index is 12.3. The molecular weight excluding hydrogens is 328 g/mol. The summed E-state index contributed by atoms with van der Waals surface area (Å²) in [5, 5.41) is 10.8. The van der Waals surface area contributed by atoms with Gasteiger partial charge in [0, 0.05) is 16.5 Å². The number of hydrogen-bond acceptors (Lipinski definition) is 5. The first-order chi connectivity index (χ1) is 11.7. The number of amides is 1. The van der Waals surface area contributed by atoms with Crippen LogP contribution < -0.4 is 10.6 Å². The first-order valence-corrected chi connectivity index (χ1v) is 8.61. The average Bonchev–Trinajstić information content (AvgIpc) is 3.07. The van der Waals surface area contributed by atoms with Crippen LogP contribution >= 0.6 is 11.6 Å². The third-order valence-electron chi connectivity index (χ3n) is 5.07. The predicted molar refractivity (Wildman–Crippen MR) is 89.2 cm³/mol. The summed E-state index contributed by atoms with van der Waals surface area (Å²) in [5.74, 6) is 1.11. The van der Waals surface area contributed by atoms with E-state index in [2.05, 4.69) is 20.8 Å². The molecule has 0 radical (unpaired) electrons. The normalized spacial score (nSPS) is 21.6. The minimum atomic E-state index is 0.0967. The van der Waals surface area contributed by atoms with Crippen LogP contribution in [-0.2, 0) is 11.3 Å². The zero-order valence-electron chi connectivity index (χ0n) is 13.2. The molecule has 1 aliphatic carbocycles. The Morgan fingerprint density at radius 1 is 1.42 bits per heavy atom. The number of rotatable bonds is 4. The summed E-state index contributed by atoms with van der Waals surface area (Å²) in [7, 11) is 0. The van der Waals surface area contributed by atoms with Gasteiger partial charge >= 0.3 is 0 Å². The van der Waals surface area contributed by atoms with Crippen LogP contribution in [0.5, 0.6) is 0 Å². The number of carbonyl (C=O) groups excluding carboxylic acids is 1. The third kappa shape index (κ3) is 3.03. The van der Waals surface area contributed by atoms with Crippen LogP contribution in [0, 0.1) is 11.3 Å². The Labute approximate surface area is 145 Å². The zero-order chi connectivity index (χ0) is 16.6. The standard InChI is InChI=1S/C17H19ClN4O2/c18-12-3-1-2-11(8-12)15-21-14(24-22-15)10-20-16(23)13-9-17(13)4-6-19-7-5-17/h1-3,8,13,19H,4-7,9-10H2,(H,20,23). The lowest BCUT2D eigenvalue weighted by Gasteiger charge is -2.23. The Hall–Kier alpha value is -1.92. The largest absolute Gasteiger partial charge is 0.347 e. The van der Waals surface area contributed by atoms with Gasteiger partial charge in [0.25, 0.3) is 0 Å². The molecule has 2 N–H and O–H groups in total. The highest BCUT2D eigenvalue weighted by Gasteiger charge is 2.57. The van der Waals surface area contributed by atoms with Crippen LogP contribution in [0.25, 0.3) is 11.4 Å². The van der Waals surface area contributed by atoms with Crippen molar-refractivity contribution >= 4 is 17.5 Å². The fraction of sp³-hybridized carbons (Fsp3) is 0.471. The fourth-order valence-corrected chi connectivity index (χ4v) is 3.74. The highest BCUT2D eigenvalue weighted by molar-refractivity contribution is 6.30. The maximum absolute atomic E-state index is 12.3. The number of nitrogens with one attached hydrogen (secondary N) is 2. The molecule has 1 saturated carbocycles. The Morgan fingerprint density at radius 2 is 2.25 bits per heavy atom. The lowest BCUT2D eigenvalue weighted by molar-refractivity contribution is -0.123. The van der Waals surface area contributed by atoms with Crippen LogP contribution in [0.1, 0.15) is 25.2 Å². The predicted octanol–water partition coefficient (Wildman–Crippen LogP) is 2.40. The van der Waals surface area contributed by atoms with E-state index in [1.165, 1.54) is 0 Å². The second-order valence-corrected chi connectivity index (χ2v) is 7.05. The van der Waals surface area contributed by atoms with Gasteiger partial charge in [-0.1, -0.05) is 28.9 Å². The first-order valence-electron chi connectivity index (χ1n) is 8.23. The van der Waals surface area contributed by atoms with E-state index in [4.69, 9.17) is 16.1 Å². The van der Waals surface area contributed by atoms with Crippen LogP contribution in [0.3, 0.4) is 0 Å². The summed E-state index contributed by atoms with van der Waals surface area (Å²) in [6.45, 7) is 2.28. The molecule has 1 aromatic heterocycles. The molecule has 1 aliphatic heterocycles. The first kappa shape index (κ1) is 15.6. The van der Waals surface area contributed by atoms with Gasteiger partial charge in [0.1, 0.15) is 0 Å². The summed E-state index contributed by atoms with van der Waals surface area (Å²) in [6.07, 6.45) is 3.17. The van der Waals surface area contributed by atoms with Gasteiger partial charge in [-0.25, -0.2) is 0 Å². The molecule has 1 aromatic carbocycles. The highest BCUT2D eigenvalue weighted by atomic mass is 35.5. The molecule has 1 unspecified atom stereocenters. The summed E-state index contributed by atoms with van der Waals surface area (Å²) in [6, 6.07) is 7.27. The van der Waals surface area contributed by atoms with Gasteiger partial charge < -0.3 is 15.2 Å². The lowest BCUT2D eigenvalue weighted by atomic mass is 9.92. The van der Waals surface area contributed by atoms with Crippen molar-refractivity contribution in [1.82, 2.24) is 20.8 Å².